The van der Waals surface area contributed by atoms with Crippen LogP contribution in [0.15, 0.2) is 109 Å². The maximum atomic E-state index is 13.4. The molecule has 1 saturated heterocycles. The Labute approximate surface area is 238 Å². The second kappa shape index (κ2) is 12.1. The first kappa shape index (κ1) is 27.0. The molecule has 0 aromatic heterocycles. The summed E-state index contributed by atoms with van der Waals surface area (Å²) in [4.78, 5) is 28.3. The van der Waals surface area contributed by atoms with E-state index >= 15 is 0 Å². The SMILES string of the molecule is CCOc1cc(C2/C(=C(\O)c3ccc(Cl)cc3)C(=O)C(=O)N2Cc2ccccc2)ccc1OCc1ccccc1. The molecule has 1 atom stereocenters. The van der Waals surface area contributed by atoms with Gasteiger partial charge in [-0.05, 0) is 60.0 Å². The Morgan fingerprint density at radius 1 is 0.825 bits per heavy atom. The van der Waals surface area contributed by atoms with Gasteiger partial charge >= 0.3 is 0 Å². The molecule has 0 radical (unpaired) electrons. The van der Waals surface area contributed by atoms with Crippen LogP contribution in [0.1, 0.15) is 35.2 Å². The molecule has 0 spiro atoms. The fourth-order valence-electron chi connectivity index (χ4n) is 4.75. The zero-order valence-electron chi connectivity index (χ0n) is 21.9. The number of Topliss-reactive ketones (excluding diaryl/α,β-unsaturated/α-hetero) is 1. The Morgan fingerprint density at radius 2 is 1.48 bits per heavy atom. The number of ether oxygens (including phenoxy) is 2. The fraction of sp³-hybridized carbons (Fsp3) is 0.152. The minimum atomic E-state index is -0.849. The number of carbonyl (C=O) groups is 2. The molecule has 0 saturated carbocycles. The van der Waals surface area contributed by atoms with Crippen LogP contribution in [0.3, 0.4) is 0 Å². The summed E-state index contributed by atoms with van der Waals surface area (Å²) in [6.45, 7) is 2.79. The lowest BCUT2D eigenvalue weighted by Crippen LogP contribution is -2.29. The van der Waals surface area contributed by atoms with Crippen LogP contribution in [0.25, 0.3) is 5.76 Å². The van der Waals surface area contributed by atoms with Gasteiger partial charge in [-0.3, -0.25) is 9.59 Å². The fourth-order valence-corrected chi connectivity index (χ4v) is 4.88. The van der Waals surface area contributed by atoms with Gasteiger partial charge in [-0.25, -0.2) is 0 Å². The maximum absolute atomic E-state index is 13.4. The summed E-state index contributed by atoms with van der Waals surface area (Å²) < 4.78 is 12.0. The predicted octanol–water partition coefficient (Wildman–Crippen LogP) is 6.94. The highest BCUT2D eigenvalue weighted by Gasteiger charge is 2.46. The number of nitrogens with zero attached hydrogens (tertiary/aromatic N) is 1. The number of hydrogen-bond donors (Lipinski definition) is 1. The third-order valence-electron chi connectivity index (χ3n) is 6.67. The Morgan fingerprint density at radius 3 is 2.12 bits per heavy atom. The van der Waals surface area contributed by atoms with Crippen LogP contribution < -0.4 is 9.47 Å². The molecule has 1 amide bonds. The molecule has 1 aliphatic heterocycles. The van der Waals surface area contributed by atoms with Gasteiger partial charge in [-0.15, -0.1) is 0 Å². The van der Waals surface area contributed by atoms with E-state index in [0.717, 1.165) is 11.1 Å². The third-order valence-corrected chi connectivity index (χ3v) is 6.93. The van der Waals surface area contributed by atoms with Gasteiger partial charge in [-0.2, -0.15) is 0 Å². The molecule has 6 nitrogen and oxygen atoms in total. The van der Waals surface area contributed by atoms with Gasteiger partial charge in [0, 0.05) is 17.1 Å². The lowest BCUT2D eigenvalue weighted by Gasteiger charge is -2.26. The second-order valence-electron chi connectivity index (χ2n) is 9.33. The zero-order chi connectivity index (χ0) is 28.1. The van der Waals surface area contributed by atoms with Crippen molar-refractivity contribution in [3.05, 3.63) is 136 Å². The summed E-state index contributed by atoms with van der Waals surface area (Å²) in [6, 6.07) is 30.2. The highest BCUT2D eigenvalue weighted by atomic mass is 35.5. The highest BCUT2D eigenvalue weighted by molar-refractivity contribution is 6.46. The number of likely N-dealkylation sites (tertiary alicyclic amines) is 1. The van der Waals surface area contributed by atoms with E-state index in [1.54, 1.807) is 42.5 Å². The average Bonchev–Trinajstić information content (AvgIpc) is 3.22. The molecule has 202 valence electrons. The topological polar surface area (TPSA) is 76.1 Å². The van der Waals surface area contributed by atoms with Gasteiger partial charge < -0.3 is 19.5 Å². The number of aliphatic hydroxyl groups excluding tert-OH is 1. The van der Waals surface area contributed by atoms with E-state index in [1.807, 2.05) is 67.6 Å². The molecular weight excluding hydrogens is 526 g/mol. The van der Waals surface area contributed by atoms with Gasteiger partial charge in [0.05, 0.1) is 18.2 Å². The maximum Gasteiger partial charge on any atom is 0.295 e. The largest absolute Gasteiger partial charge is 0.507 e. The van der Waals surface area contributed by atoms with Crippen molar-refractivity contribution in [1.82, 2.24) is 4.90 Å². The minimum Gasteiger partial charge on any atom is -0.507 e. The van der Waals surface area contributed by atoms with E-state index in [4.69, 9.17) is 21.1 Å². The number of carbonyl (C=O) groups excluding carboxylic acids is 2. The van der Waals surface area contributed by atoms with E-state index in [-0.39, 0.29) is 17.9 Å². The molecule has 4 aromatic carbocycles. The van der Waals surface area contributed by atoms with Crippen molar-refractivity contribution in [2.75, 3.05) is 6.61 Å². The first-order valence-electron chi connectivity index (χ1n) is 13.0. The summed E-state index contributed by atoms with van der Waals surface area (Å²) in [6.07, 6.45) is 0. The number of amides is 1. The number of hydrogen-bond acceptors (Lipinski definition) is 5. The lowest BCUT2D eigenvalue weighted by atomic mass is 9.94. The van der Waals surface area contributed by atoms with Crippen molar-refractivity contribution < 1.29 is 24.2 Å². The van der Waals surface area contributed by atoms with Gasteiger partial charge in [0.25, 0.3) is 11.7 Å². The van der Waals surface area contributed by atoms with Crippen LogP contribution in [0.4, 0.5) is 0 Å². The van der Waals surface area contributed by atoms with Crippen LogP contribution in [-0.2, 0) is 22.7 Å². The smallest absolute Gasteiger partial charge is 0.295 e. The van der Waals surface area contributed by atoms with Gasteiger partial charge in [-0.1, -0.05) is 78.3 Å². The van der Waals surface area contributed by atoms with Crippen LogP contribution in [0.2, 0.25) is 5.02 Å². The van der Waals surface area contributed by atoms with Crippen LogP contribution in [0.5, 0.6) is 11.5 Å². The van der Waals surface area contributed by atoms with E-state index in [1.165, 1.54) is 4.90 Å². The van der Waals surface area contributed by atoms with Gasteiger partial charge in [0.2, 0.25) is 0 Å². The van der Waals surface area contributed by atoms with Crippen molar-refractivity contribution >= 4 is 29.1 Å². The summed E-state index contributed by atoms with van der Waals surface area (Å²) in [5.74, 6) is -0.694. The molecule has 5 rings (SSSR count). The summed E-state index contributed by atoms with van der Waals surface area (Å²) in [5, 5.41) is 11.8. The molecule has 0 bridgehead atoms. The second-order valence-corrected chi connectivity index (χ2v) is 9.77. The molecule has 1 heterocycles. The van der Waals surface area contributed by atoms with Crippen molar-refractivity contribution in [2.24, 2.45) is 0 Å². The van der Waals surface area contributed by atoms with E-state index in [2.05, 4.69) is 0 Å². The van der Waals surface area contributed by atoms with Crippen LogP contribution in [-0.4, -0.2) is 28.3 Å². The normalized spacial score (nSPS) is 16.2. The number of benzene rings is 4. The molecule has 4 aromatic rings. The zero-order valence-corrected chi connectivity index (χ0v) is 22.7. The Bertz CT molecular complexity index is 1530. The van der Waals surface area contributed by atoms with Gasteiger partial charge in [0.1, 0.15) is 12.4 Å². The molecule has 1 unspecified atom stereocenters. The Kier molecular flexibility index (Phi) is 8.18. The van der Waals surface area contributed by atoms with Gasteiger partial charge in [0.15, 0.2) is 11.5 Å². The minimum absolute atomic E-state index is 0.00339. The predicted molar refractivity (Wildman–Crippen MR) is 154 cm³/mol. The van der Waals surface area contributed by atoms with E-state index in [0.29, 0.717) is 40.9 Å². The third kappa shape index (κ3) is 5.72. The van der Waals surface area contributed by atoms with E-state index in [9.17, 15) is 14.7 Å². The molecule has 1 N–H and O–H groups in total. The molecule has 7 heteroatoms. The summed E-state index contributed by atoms with van der Waals surface area (Å²) in [5.41, 5.74) is 2.87. The number of aliphatic hydroxyl groups is 1. The first-order valence-corrected chi connectivity index (χ1v) is 13.4. The van der Waals surface area contributed by atoms with Crippen LogP contribution >= 0.6 is 11.6 Å². The Hall–Kier alpha value is -4.55. The van der Waals surface area contributed by atoms with E-state index < -0.39 is 17.7 Å². The quantitative estimate of drug-likeness (QED) is 0.138. The first-order chi connectivity index (χ1) is 19.5. The van der Waals surface area contributed by atoms with Crippen LogP contribution in [0, 0.1) is 0 Å². The average molecular weight is 554 g/mol. The molecule has 1 aliphatic rings. The number of rotatable bonds is 9. The summed E-state index contributed by atoms with van der Waals surface area (Å²) in [7, 11) is 0. The molecule has 40 heavy (non-hydrogen) atoms. The lowest BCUT2D eigenvalue weighted by molar-refractivity contribution is -0.140. The van der Waals surface area contributed by atoms with Crippen molar-refractivity contribution in [3.63, 3.8) is 0 Å². The number of halogens is 1. The molecular formula is C33H28ClNO5. The Balaban J connectivity index is 1.58. The van der Waals surface area contributed by atoms with Crippen molar-refractivity contribution in [1.29, 1.82) is 0 Å². The highest BCUT2D eigenvalue weighted by Crippen LogP contribution is 2.43. The molecule has 0 aliphatic carbocycles. The van der Waals surface area contributed by atoms with Crippen molar-refractivity contribution in [3.8, 4) is 11.5 Å². The standard InChI is InChI=1S/C33H28ClNO5/c1-2-39-28-19-25(15-18-27(28)40-21-23-11-7-4-8-12-23)30-29(31(36)24-13-16-26(34)17-14-24)32(37)33(38)35(30)20-22-9-5-3-6-10-22/h3-19,30,36H,2,20-21H2,1H3/b31-29+. The summed E-state index contributed by atoms with van der Waals surface area (Å²) >= 11 is 6.04. The molecule has 1 fully saturated rings. The monoisotopic (exact) mass is 553 g/mol. The van der Waals surface area contributed by atoms with Crippen molar-refractivity contribution in [2.45, 2.75) is 26.1 Å². The number of ketones is 1.